The van der Waals surface area contributed by atoms with Gasteiger partial charge in [0.2, 0.25) is 0 Å². The number of methoxy groups -OCH3 is 1. The number of ether oxygens (including phenoxy) is 1. The molecule has 0 aliphatic heterocycles. The molecule has 2 aromatic rings. The van der Waals surface area contributed by atoms with Crippen molar-refractivity contribution >= 4 is 23.0 Å². The van der Waals surface area contributed by atoms with Gasteiger partial charge in [-0.1, -0.05) is 6.92 Å². The van der Waals surface area contributed by atoms with Crippen LogP contribution in [0.1, 0.15) is 30.2 Å². The second kappa shape index (κ2) is 7.16. The van der Waals surface area contributed by atoms with Gasteiger partial charge in [-0.2, -0.15) is 0 Å². The molecule has 0 aliphatic carbocycles. The first-order valence-corrected chi connectivity index (χ1v) is 7.35. The fraction of sp³-hybridized carbons (Fsp3) is 0.462. The Morgan fingerprint density at radius 1 is 1.35 bits per heavy atom. The van der Waals surface area contributed by atoms with Crippen molar-refractivity contribution in [2.45, 2.75) is 26.0 Å². The summed E-state index contributed by atoms with van der Waals surface area (Å²) in [5, 5.41) is 9.48. The van der Waals surface area contributed by atoms with Crippen molar-refractivity contribution in [3.05, 3.63) is 28.5 Å². The SMILES string of the molecule is CCC(Nc1cc(NC)nc(COC)n1)c1nccs1. The van der Waals surface area contributed by atoms with Crippen molar-refractivity contribution in [3.8, 4) is 0 Å². The van der Waals surface area contributed by atoms with E-state index in [0.717, 1.165) is 23.1 Å². The maximum absolute atomic E-state index is 5.10. The highest BCUT2D eigenvalue weighted by molar-refractivity contribution is 7.09. The van der Waals surface area contributed by atoms with Gasteiger partial charge in [0.05, 0.1) is 6.04 Å². The summed E-state index contributed by atoms with van der Waals surface area (Å²) in [7, 11) is 3.47. The quantitative estimate of drug-likeness (QED) is 0.818. The zero-order valence-electron chi connectivity index (χ0n) is 11.9. The average Bonchev–Trinajstić information content (AvgIpc) is 2.99. The van der Waals surface area contributed by atoms with Crippen molar-refractivity contribution in [2.24, 2.45) is 0 Å². The molecule has 108 valence electrons. The predicted octanol–water partition coefficient (Wildman–Crippen LogP) is 2.68. The van der Waals surface area contributed by atoms with Crippen LogP contribution in [-0.4, -0.2) is 29.1 Å². The minimum Gasteiger partial charge on any atom is -0.377 e. The summed E-state index contributed by atoms with van der Waals surface area (Å²) in [5.74, 6) is 2.19. The monoisotopic (exact) mass is 293 g/mol. The Morgan fingerprint density at radius 3 is 2.75 bits per heavy atom. The normalized spacial score (nSPS) is 12.2. The highest BCUT2D eigenvalue weighted by Crippen LogP contribution is 2.24. The van der Waals surface area contributed by atoms with Gasteiger partial charge in [-0.15, -0.1) is 11.3 Å². The first kappa shape index (κ1) is 14.7. The standard InChI is InChI=1S/C13H19N5OS/c1-4-9(13-15-5-6-20-13)16-11-7-10(14-2)17-12(18-11)8-19-3/h5-7,9H,4,8H2,1-3H3,(H2,14,16,17,18). The molecular formula is C13H19N5OS. The summed E-state index contributed by atoms with van der Waals surface area (Å²) < 4.78 is 5.10. The Labute approximate surface area is 122 Å². The van der Waals surface area contributed by atoms with Crippen LogP contribution in [0.3, 0.4) is 0 Å². The number of nitrogens with one attached hydrogen (secondary N) is 2. The number of hydrogen-bond acceptors (Lipinski definition) is 7. The largest absolute Gasteiger partial charge is 0.377 e. The summed E-state index contributed by atoms with van der Waals surface area (Å²) in [4.78, 5) is 13.2. The smallest absolute Gasteiger partial charge is 0.158 e. The van der Waals surface area contributed by atoms with E-state index in [9.17, 15) is 0 Å². The Bertz CT molecular complexity index is 532. The summed E-state index contributed by atoms with van der Waals surface area (Å²) in [6.45, 7) is 2.51. The molecule has 0 aromatic carbocycles. The molecule has 0 fully saturated rings. The van der Waals surface area contributed by atoms with E-state index in [-0.39, 0.29) is 6.04 Å². The molecule has 0 amide bonds. The number of anilines is 2. The Kier molecular flexibility index (Phi) is 5.25. The van der Waals surface area contributed by atoms with E-state index < -0.39 is 0 Å². The Hall–Kier alpha value is -1.73. The van der Waals surface area contributed by atoms with Gasteiger partial charge >= 0.3 is 0 Å². The maximum atomic E-state index is 5.10. The zero-order valence-corrected chi connectivity index (χ0v) is 12.7. The number of thiazole rings is 1. The lowest BCUT2D eigenvalue weighted by Gasteiger charge is -2.16. The van der Waals surface area contributed by atoms with Gasteiger partial charge in [0.1, 0.15) is 23.3 Å². The lowest BCUT2D eigenvalue weighted by Crippen LogP contribution is -2.12. The van der Waals surface area contributed by atoms with Crippen molar-refractivity contribution in [1.29, 1.82) is 0 Å². The van der Waals surface area contributed by atoms with Gasteiger partial charge in [0.25, 0.3) is 0 Å². The zero-order chi connectivity index (χ0) is 14.4. The van der Waals surface area contributed by atoms with Gasteiger partial charge in [-0.05, 0) is 6.42 Å². The van der Waals surface area contributed by atoms with Crippen LogP contribution in [0.4, 0.5) is 11.6 Å². The third-order valence-electron chi connectivity index (χ3n) is 2.78. The fourth-order valence-electron chi connectivity index (χ4n) is 1.82. The maximum Gasteiger partial charge on any atom is 0.158 e. The number of aromatic nitrogens is 3. The highest BCUT2D eigenvalue weighted by Gasteiger charge is 2.13. The summed E-state index contributed by atoms with van der Waals surface area (Å²) in [5.41, 5.74) is 0. The van der Waals surface area contributed by atoms with E-state index >= 15 is 0 Å². The number of rotatable bonds is 7. The van der Waals surface area contributed by atoms with Crippen LogP contribution in [0.2, 0.25) is 0 Å². The van der Waals surface area contributed by atoms with E-state index in [0.29, 0.717) is 12.4 Å². The van der Waals surface area contributed by atoms with Crippen LogP contribution in [-0.2, 0) is 11.3 Å². The predicted molar refractivity (Wildman–Crippen MR) is 81.1 cm³/mol. The van der Waals surface area contributed by atoms with E-state index in [1.54, 1.807) is 18.4 Å². The molecule has 6 nitrogen and oxygen atoms in total. The first-order chi connectivity index (χ1) is 9.76. The van der Waals surface area contributed by atoms with Crippen LogP contribution in [0, 0.1) is 0 Å². The van der Waals surface area contributed by atoms with Crippen LogP contribution >= 0.6 is 11.3 Å². The minimum atomic E-state index is 0.157. The topological polar surface area (TPSA) is 72.0 Å². The van der Waals surface area contributed by atoms with Crippen LogP contribution in [0.25, 0.3) is 0 Å². The van der Waals surface area contributed by atoms with Crippen molar-refractivity contribution < 1.29 is 4.74 Å². The molecule has 2 N–H and O–H groups in total. The second-order valence-corrected chi connectivity index (χ2v) is 5.14. The summed E-state index contributed by atoms with van der Waals surface area (Å²) in [6, 6.07) is 2.04. The van der Waals surface area contributed by atoms with Crippen LogP contribution < -0.4 is 10.6 Å². The molecule has 0 aliphatic rings. The Morgan fingerprint density at radius 2 is 2.15 bits per heavy atom. The lowest BCUT2D eigenvalue weighted by molar-refractivity contribution is 0.178. The van der Waals surface area contributed by atoms with E-state index in [2.05, 4.69) is 32.5 Å². The summed E-state index contributed by atoms with van der Waals surface area (Å²) in [6.07, 6.45) is 2.76. The highest BCUT2D eigenvalue weighted by atomic mass is 32.1. The molecule has 20 heavy (non-hydrogen) atoms. The van der Waals surface area contributed by atoms with Gasteiger partial charge in [0.15, 0.2) is 5.82 Å². The molecule has 0 spiro atoms. The van der Waals surface area contributed by atoms with Gasteiger partial charge < -0.3 is 15.4 Å². The second-order valence-electron chi connectivity index (χ2n) is 4.21. The fourth-order valence-corrected chi connectivity index (χ4v) is 2.59. The van der Waals surface area contributed by atoms with Crippen molar-refractivity contribution in [2.75, 3.05) is 24.8 Å². The first-order valence-electron chi connectivity index (χ1n) is 6.47. The molecule has 0 saturated heterocycles. The van der Waals surface area contributed by atoms with Crippen LogP contribution in [0.5, 0.6) is 0 Å². The lowest BCUT2D eigenvalue weighted by atomic mass is 10.2. The number of nitrogens with zero attached hydrogens (tertiary/aromatic N) is 3. The third kappa shape index (κ3) is 3.64. The van der Waals surface area contributed by atoms with Gasteiger partial charge in [0, 0.05) is 31.8 Å². The number of hydrogen-bond donors (Lipinski definition) is 2. The van der Waals surface area contributed by atoms with E-state index in [1.165, 1.54) is 0 Å². The molecule has 2 rings (SSSR count). The minimum absolute atomic E-state index is 0.157. The molecule has 0 bridgehead atoms. The molecule has 1 atom stereocenters. The molecule has 0 saturated carbocycles. The molecule has 0 radical (unpaired) electrons. The molecular weight excluding hydrogens is 274 g/mol. The molecule has 2 heterocycles. The van der Waals surface area contributed by atoms with E-state index in [4.69, 9.17) is 4.74 Å². The van der Waals surface area contributed by atoms with Gasteiger partial charge in [-0.25, -0.2) is 15.0 Å². The molecule has 7 heteroatoms. The molecule has 2 aromatic heterocycles. The Balaban J connectivity index is 2.20. The molecule has 1 unspecified atom stereocenters. The van der Waals surface area contributed by atoms with Gasteiger partial charge in [-0.3, -0.25) is 0 Å². The average molecular weight is 293 g/mol. The van der Waals surface area contributed by atoms with E-state index in [1.807, 2.05) is 24.7 Å². The third-order valence-corrected chi connectivity index (χ3v) is 3.67. The summed E-state index contributed by atoms with van der Waals surface area (Å²) >= 11 is 1.64. The van der Waals surface area contributed by atoms with Crippen LogP contribution in [0.15, 0.2) is 17.6 Å². The van der Waals surface area contributed by atoms with Crippen molar-refractivity contribution in [3.63, 3.8) is 0 Å². The van der Waals surface area contributed by atoms with Crippen molar-refractivity contribution in [1.82, 2.24) is 15.0 Å².